The van der Waals surface area contributed by atoms with Crippen LogP contribution in [0.1, 0.15) is 16.3 Å². The van der Waals surface area contributed by atoms with Crippen LogP contribution in [0.2, 0.25) is 0 Å². The van der Waals surface area contributed by atoms with E-state index in [1.54, 1.807) is 26.2 Å². The number of hydrogen-bond acceptors (Lipinski definition) is 5. The summed E-state index contributed by atoms with van der Waals surface area (Å²) in [6.45, 7) is 0.861. The van der Waals surface area contributed by atoms with Gasteiger partial charge in [0.2, 0.25) is 5.91 Å². The predicted octanol–water partition coefficient (Wildman–Crippen LogP) is -0.0849. The number of nitrogens with two attached hydrogens (primary N) is 1. The van der Waals surface area contributed by atoms with Crippen molar-refractivity contribution in [3.63, 3.8) is 0 Å². The van der Waals surface area contributed by atoms with Gasteiger partial charge in [-0.05, 0) is 12.1 Å². The van der Waals surface area contributed by atoms with Crippen molar-refractivity contribution in [3.05, 3.63) is 23.7 Å². The normalized spacial score (nSPS) is 10.4. The predicted molar refractivity (Wildman–Crippen MR) is 73.1 cm³/mol. The number of carbonyl (C=O) groups excluding carboxylic acids is 2. The molecule has 1 aromatic rings. The standard InChI is InChI=1S/C13H21N3O4/c1-15(2)12(17)9-16(6-7-19-3)13(18)11-5-4-10(8-14)20-11/h4-5H,6-9,14H2,1-3H3. The molecular formula is C13H21N3O4. The van der Waals surface area contributed by atoms with Crippen LogP contribution in [0.25, 0.3) is 0 Å². The van der Waals surface area contributed by atoms with Crippen LogP contribution in [0.3, 0.4) is 0 Å². The van der Waals surface area contributed by atoms with E-state index in [0.717, 1.165) is 0 Å². The Kier molecular flexibility index (Phi) is 6.20. The number of amides is 2. The van der Waals surface area contributed by atoms with Crippen molar-refractivity contribution in [1.82, 2.24) is 9.80 Å². The summed E-state index contributed by atoms with van der Waals surface area (Å²) in [6.07, 6.45) is 0. The highest BCUT2D eigenvalue weighted by molar-refractivity contribution is 5.94. The van der Waals surface area contributed by atoms with Crippen LogP contribution in [0.5, 0.6) is 0 Å². The molecule has 0 radical (unpaired) electrons. The highest BCUT2D eigenvalue weighted by Gasteiger charge is 2.22. The molecule has 0 aliphatic carbocycles. The molecule has 20 heavy (non-hydrogen) atoms. The number of methoxy groups -OCH3 is 1. The van der Waals surface area contributed by atoms with Gasteiger partial charge in [-0.1, -0.05) is 0 Å². The molecule has 0 unspecified atom stereocenters. The minimum atomic E-state index is -0.350. The van der Waals surface area contributed by atoms with E-state index in [4.69, 9.17) is 14.9 Å². The molecule has 1 rings (SSSR count). The van der Waals surface area contributed by atoms with Gasteiger partial charge in [-0.3, -0.25) is 9.59 Å². The zero-order valence-corrected chi connectivity index (χ0v) is 12.1. The first-order valence-corrected chi connectivity index (χ1v) is 6.26. The number of hydrogen-bond donors (Lipinski definition) is 1. The summed E-state index contributed by atoms with van der Waals surface area (Å²) >= 11 is 0. The van der Waals surface area contributed by atoms with E-state index in [2.05, 4.69) is 0 Å². The summed E-state index contributed by atoms with van der Waals surface area (Å²) in [5.41, 5.74) is 5.44. The highest BCUT2D eigenvalue weighted by Crippen LogP contribution is 2.10. The molecule has 0 aliphatic rings. The summed E-state index contributed by atoms with van der Waals surface area (Å²) in [5.74, 6) is 0.184. The third-order valence-electron chi connectivity index (χ3n) is 2.75. The van der Waals surface area contributed by atoms with Gasteiger partial charge in [0.1, 0.15) is 12.3 Å². The molecule has 0 atom stereocenters. The lowest BCUT2D eigenvalue weighted by molar-refractivity contribution is -0.129. The highest BCUT2D eigenvalue weighted by atomic mass is 16.5. The molecule has 112 valence electrons. The molecule has 0 fully saturated rings. The Morgan fingerprint density at radius 3 is 2.55 bits per heavy atom. The van der Waals surface area contributed by atoms with Crippen LogP contribution < -0.4 is 5.73 Å². The van der Waals surface area contributed by atoms with Crippen molar-refractivity contribution in [2.75, 3.05) is 40.9 Å². The van der Waals surface area contributed by atoms with Crippen molar-refractivity contribution in [1.29, 1.82) is 0 Å². The molecule has 1 heterocycles. The van der Waals surface area contributed by atoms with Gasteiger partial charge in [-0.2, -0.15) is 0 Å². The SMILES string of the molecule is COCCN(CC(=O)N(C)C)C(=O)c1ccc(CN)o1. The molecule has 7 nitrogen and oxygen atoms in total. The summed E-state index contributed by atoms with van der Waals surface area (Å²) in [6, 6.07) is 3.21. The van der Waals surface area contributed by atoms with Crippen molar-refractivity contribution in [3.8, 4) is 0 Å². The third kappa shape index (κ3) is 4.36. The number of likely N-dealkylation sites (N-methyl/N-ethyl adjacent to an activating group) is 1. The van der Waals surface area contributed by atoms with E-state index in [1.807, 2.05) is 0 Å². The maximum atomic E-state index is 12.3. The Balaban J connectivity index is 2.80. The molecule has 0 aromatic carbocycles. The number of carbonyl (C=O) groups is 2. The first-order valence-electron chi connectivity index (χ1n) is 6.26. The fourth-order valence-electron chi connectivity index (χ4n) is 1.52. The quantitative estimate of drug-likeness (QED) is 0.755. The molecule has 0 spiro atoms. The first kappa shape index (κ1) is 16.2. The van der Waals surface area contributed by atoms with Gasteiger partial charge in [0.05, 0.1) is 13.2 Å². The van der Waals surface area contributed by atoms with Gasteiger partial charge < -0.3 is 24.7 Å². The second-order valence-electron chi connectivity index (χ2n) is 4.48. The van der Waals surface area contributed by atoms with Gasteiger partial charge in [0, 0.05) is 27.7 Å². The zero-order chi connectivity index (χ0) is 15.1. The van der Waals surface area contributed by atoms with Crippen molar-refractivity contribution in [2.45, 2.75) is 6.54 Å². The Labute approximate surface area is 118 Å². The van der Waals surface area contributed by atoms with Gasteiger partial charge >= 0.3 is 0 Å². The average Bonchev–Trinajstić information content (AvgIpc) is 2.91. The first-order chi connectivity index (χ1) is 9.49. The fourth-order valence-corrected chi connectivity index (χ4v) is 1.52. The number of rotatable bonds is 7. The zero-order valence-electron chi connectivity index (χ0n) is 12.1. The third-order valence-corrected chi connectivity index (χ3v) is 2.75. The van der Waals surface area contributed by atoms with Crippen LogP contribution in [0.4, 0.5) is 0 Å². The van der Waals surface area contributed by atoms with Gasteiger partial charge in [-0.25, -0.2) is 0 Å². The maximum absolute atomic E-state index is 12.3. The minimum Gasteiger partial charge on any atom is -0.455 e. The lowest BCUT2D eigenvalue weighted by Crippen LogP contribution is -2.41. The largest absolute Gasteiger partial charge is 0.455 e. The Hall–Kier alpha value is -1.86. The molecule has 2 N–H and O–H groups in total. The summed E-state index contributed by atoms with van der Waals surface area (Å²) in [4.78, 5) is 26.9. The Morgan fingerprint density at radius 2 is 2.05 bits per heavy atom. The van der Waals surface area contributed by atoms with E-state index >= 15 is 0 Å². The summed E-state index contributed by atoms with van der Waals surface area (Å²) in [7, 11) is 4.82. The molecule has 0 saturated carbocycles. The van der Waals surface area contributed by atoms with Crippen LogP contribution in [-0.4, -0.2) is 62.5 Å². The lowest BCUT2D eigenvalue weighted by Gasteiger charge is -2.22. The Morgan fingerprint density at radius 1 is 1.35 bits per heavy atom. The van der Waals surface area contributed by atoms with E-state index in [0.29, 0.717) is 18.9 Å². The molecule has 0 aliphatic heterocycles. The monoisotopic (exact) mass is 283 g/mol. The van der Waals surface area contributed by atoms with Gasteiger partial charge in [0.15, 0.2) is 5.76 Å². The molecule has 1 aromatic heterocycles. The molecule has 2 amide bonds. The van der Waals surface area contributed by atoms with Crippen LogP contribution in [-0.2, 0) is 16.1 Å². The van der Waals surface area contributed by atoms with E-state index in [-0.39, 0.29) is 30.7 Å². The van der Waals surface area contributed by atoms with Crippen LogP contribution >= 0.6 is 0 Å². The van der Waals surface area contributed by atoms with Gasteiger partial charge in [-0.15, -0.1) is 0 Å². The van der Waals surface area contributed by atoms with Crippen molar-refractivity contribution < 1.29 is 18.7 Å². The van der Waals surface area contributed by atoms with Crippen LogP contribution in [0, 0.1) is 0 Å². The van der Waals surface area contributed by atoms with Crippen molar-refractivity contribution in [2.24, 2.45) is 5.73 Å². The van der Waals surface area contributed by atoms with Crippen LogP contribution in [0.15, 0.2) is 16.5 Å². The van der Waals surface area contributed by atoms with Gasteiger partial charge in [0.25, 0.3) is 5.91 Å². The molecule has 0 bridgehead atoms. The second kappa shape index (κ2) is 7.66. The number of furan rings is 1. The number of nitrogens with zero attached hydrogens (tertiary/aromatic N) is 2. The summed E-state index contributed by atoms with van der Waals surface area (Å²) in [5, 5.41) is 0. The fraction of sp³-hybridized carbons (Fsp3) is 0.538. The molecular weight excluding hydrogens is 262 g/mol. The number of ether oxygens (including phenoxy) is 1. The smallest absolute Gasteiger partial charge is 0.290 e. The molecule has 7 heteroatoms. The minimum absolute atomic E-state index is 0.0200. The summed E-state index contributed by atoms with van der Waals surface area (Å²) < 4.78 is 10.3. The lowest BCUT2D eigenvalue weighted by atomic mass is 10.3. The van der Waals surface area contributed by atoms with E-state index in [9.17, 15) is 9.59 Å². The van der Waals surface area contributed by atoms with Crippen molar-refractivity contribution >= 4 is 11.8 Å². The van der Waals surface area contributed by atoms with E-state index in [1.165, 1.54) is 16.9 Å². The van der Waals surface area contributed by atoms with E-state index < -0.39 is 0 Å². The average molecular weight is 283 g/mol. The Bertz CT molecular complexity index is 456. The maximum Gasteiger partial charge on any atom is 0.290 e. The molecule has 0 saturated heterocycles. The topological polar surface area (TPSA) is 89.0 Å². The second-order valence-corrected chi connectivity index (χ2v) is 4.48.